The Hall–Kier alpha value is -0.730. The minimum Gasteiger partial charge on any atom is -0.383 e. The number of benzene rings is 1. The number of hydrogen-bond donors (Lipinski definition) is 0. The molecular weight excluding hydrogens is 307 g/mol. The average Bonchev–Trinajstić information content (AvgIpc) is 2.36. The van der Waals surface area contributed by atoms with Crippen molar-refractivity contribution in [1.29, 1.82) is 0 Å². The number of rotatable bonds is 7. The first kappa shape index (κ1) is 17.3. The molecule has 0 aliphatic carbocycles. The zero-order chi connectivity index (χ0) is 15.3. The average molecular weight is 325 g/mol. The lowest BCUT2D eigenvalue weighted by molar-refractivity contribution is 0.175. The number of halogens is 2. The van der Waals surface area contributed by atoms with E-state index in [9.17, 15) is 12.8 Å². The van der Waals surface area contributed by atoms with E-state index in [1.54, 1.807) is 0 Å². The largest absolute Gasteiger partial charge is 0.383 e. The van der Waals surface area contributed by atoms with E-state index in [0.717, 1.165) is 10.4 Å². The summed E-state index contributed by atoms with van der Waals surface area (Å²) in [5.74, 6) is -0.461. The van der Waals surface area contributed by atoms with Gasteiger partial charge in [0.15, 0.2) is 0 Å². The molecule has 0 radical (unpaired) electrons. The highest BCUT2D eigenvalue weighted by molar-refractivity contribution is 7.86. The summed E-state index contributed by atoms with van der Waals surface area (Å²) in [6.07, 6.45) is 0. The highest BCUT2D eigenvalue weighted by atomic mass is 35.5. The van der Waals surface area contributed by atoms with Crippen LogP contribution in [-0.2, 0) is 21.5 Å². The standard InChI is InChI=1S/C12H18ClFN2O3S/c1-15(2)20(17,18)16(6-7-19-3)9-10-4-5-11(14)8-12(10)13/h4-5,8H,6-7,9H2,1-3H3. The fourth-order valence-corrected chi connectivity index (χ4v) is 2.84. The zero-order valence-electron chi connectivity index (χ0n) is 11.6. The van der Waals surface area contributed by atoms with Crippen LogP contribution in [0.4, 0.5) is 4.39 Å². The van der Waals surface area contributed by atoms with Gasteiger partial charge in [0.05, 0.1) is 6.61 Å². The van der Waals surface area contributed by atoms with Gasteiger partial charge in [0.2, 0.25) is 0 Å². The Bertz CT molecular complexity index is 552. The van der Waals surface area contributed by atoms with Crippen LogP contribution in [0.3, 0.4) is 0 Å². The summed E-state index contributed by atoms with van der Waals surface area (Å²) in [5, 5.41) is 0.196. The first-order valence-corrected chi connectivity index (χ1v) is 7.67. The van der Waals surface area contributed by atoms with E-state index in [1.807, 2.05) is 0 Å². The lowest BCUT2D eigenvalue weighted by Crippen LogP contribution is -2.41. The van der Waals surface area contributed by atoms with Crippen LogP contribution in [0, 0.1) is 5.82 Å². The molecule has 0 aliphatic heterocycles. The Morgan fingerprint density at radius 3 is 2.50 bits per heavy atom. The third kappa shape index (κ3) is 4.39. The van der Waals surface area contributed by atoms with Crippen LogP contribution in [0.2, 0.25) is 5.02 Å². The second-order valence-corrected chi connectivity index (χ2v) is 6.90. The molecule has 0 aromatic heterocycles. The summed E-state index contributed by atoms with van der Waals surface area (Å²) >= 11 is 5.93. The first-order valence-electron chi connectivity index (χ1n) is 5.89. The molecule has 0 fully saturated rings. The Balaban J connectivity index is 3.01. The van der Waals surface area contributed by atoms with Crippen molar-refractivity contribution in [3.63, 3.8) is 0 Å². The summed E-state index contributed by atoms with van der Waals surface area (Å²) in [6, 6.07) is 3.88. The van der Waals surface area contributed by atoms with Gasteiger partial charge in [-0.15, -0.1) is 0 Å². The molecule has 0 spiro atoms. The van der Waals surface area contributed by atoms with Gasteiger partial charge in [-0.3, -0.25) is 0 Å². The number of hydrogen-bond acceptors (Lipinski definition) is 3. The summed E-state index contributed by atoms with van der Waals surface area (Å²) in [5.41, 5.74) is 0.537. The van der Waals surface area contributed by atoms with Crippen molar-refractivity contribution in [2.75, 3.05) is 34.4 Å². The molecule has 5 nitrogen and oxygen atoms in total. The third-order valence-corrected chi connectivity index (χ3v) is 4.93. The van der Waals surface area contributed by atoms with E-state index in [2.05, 4.69) is 0 Å². The van der Waals surface area contributed by atoms with E-state index < -0.39 is 16.0 Å². The van der Waals surface area contributed by atoms with Crippen molar-refractivity contribution in [2.45, 2.75) is 6.54 Å². The lowest BCUT2D eigenvalue weighted by atomic mass is 10.2. The van der Waals surface area contributed by atoms with Gasteiger partial charge in [0, 0.05) is 39.3 Å². The van der Waals surface area contributed by atoms with Crippen LogP contribution in [0.25, 0.3) is 0 Å². The minimum absolute atomic E-state index is 0.0585. The Kier molecular flexibility index (Phi) is 6.35. The van der Waals surface area contributed by atoms with E-state index in [0.29, 0.717) is 5.56 Å². The number of nitrogens with zero attached hydrogens (tertiary/aromatic N) is 2. The van der Waals surface area contributed by atoms with Crippen LogP contribution >= 0.6 is 11.6 Å². The SMILES string of the molecule is COCCN(Cc1ccc(F)cc1Cl)S(=O)(=O)N(C)C. The van der Waals surface area contributed by atoms with Crippen molar-refractivity contribution in [1.82, 2.24) is 8.61 Å². The minimum atomic E-state index is -3.60. The fourth-order valence-electron chi connectivity index (χ4n) is 1.54. The second-order valence-electron chi connectivity index (χ2n) is 4.35. The van der Waals surface area contributed by atoms with Crippen LogP contribution in [-0.4, -0.2) is 51.4 Å². The van der Waals surface area contributed by atoms with Gasteiger partial charge >= 0.3 is 0 Å². The van der Waals surface area contributed by atoms with Crippen molar-refractivity contribution in [2.24, 2.45) is 0 Å². The van der Waals surface area contributed by atoms with Crippen molar-refractivity contribution < 1.29 is 17.5 Å². The van der Waals surface area contributed by atoms with Crippen molar-refractivity contribution in [3.8, 4) is 0 Å². The predicted molar refractivity (Wildman–Crippen MR) is 76.3 cm³/mol. The quantitative estimate of drug-likeness (QED) is 0.767. The van der Waals surface area contributed by atoms with Gasteiger partial charge in [0.25, 0.3) is 10.2 Å². The van der Waals surface area contributed by atoms with Crippen molar-refractivity contribution in [3.05, 3.63) is 34.6 Å². The van der Waals surface area contributed by atoms with E-state index in [1.165, 1.54) is 37.6 Å². The summed E-state index contributed by atoms with van der Waals surface area (Å²) < 4.78 is 44.7. The van der Waals surface area contributed by atoms with Crippen LogP contribution in [0.1, 0.15) is 5.56 Å². The molecular formula is C12H18ClFN2O3S. The Morgan fingerprint density at radius 1 is 1.35 bits per heavy atom. The van der Waals surface area contributed by atoms with E-state index >= 15 is 0 Å². The number of methoxy groups -OCH3 is 1. The summed E-state index contributed by atoms with van der Waals surface area (Å²) in [4.78, 5) is 0. The van der Waals surface area contributed by atoms with Crippen LogP contribution < -0.4 is 0 Å². The lowest BCUT2D eigenvalue weighted by Gasteiger charge is -2.25. The molecule has 1 aromatic carbocycles. The molecule has 0 amide bonds. The molecule has 0 bridgehead atoms. The highest BCUT2D eigenvalue weighted by Crippen LogP contribution is 2.20. The Morgan fingerprint density at radius 2 is 2.00 bits per heavy atom. The van der Waals surface area contributed by atoms with E-state index in [4.69, 9.17) is 16.3 Å². The Labute approximate surface area is 124 Å². The fraction of sp³-hybridized carbons (Fsp3) is 0.500. The second kappa shape index (κ2) is 7.33. The zero-order valence-corrected chi connectivity index (χ0v) is 13.2. The van der Waals surface area contributed by atoms with Crippen LogP contribution in [0.15, 0.2) is 18.2 Å². The molecule has 0 saturated heterocycles. The molecule has 0 atom stereocenters. The van der Waals surface area contributed by atoms with E-state index in [-0.39, 0.29) is 24.7 Å². The summed E-state index contributed by atoms with van der Waals surface area (Å²) in [6.45, 7) is 0.500. The van der Waals surface area contributed by atoms with Crippen molar-refractivity contribution >= 4 is 21.8 Å². The van der Waals surface area contributed by atoms with Gasteiger partial charge in [-0.05, 0) is 17.7 Å². The first-order chi connectivity index (χ1) is 9.28. The maximum Gasteiger partial charge on any atom is 0.281 e. The third-order valence-electron chi connectivity index (χ3n) is 2.69. The van der Waals surface area contributed by atoms with Crippen LogP contribution in [0.5, 0.6) is 0 Å². The van der Waals surface area contributed by atoms with Gasteiger partial charge < -0.3 is 4.74 Å². The predicted octanol–water partition coefficient (Wildman–Crippen LogP) is 1.73. The summed E-state index contributed by atoms with van der Waals surface area (Å²) in [7, 11) is 0.781. The molecule has 0 N–H and O–H groups in total. The topological polar surface area (TPSA) is 49.9 Å². The molecule has 8 heteroatoms. The monoisotopic (exact) mass is 324 g/mol. The molecule has 1 rings (SSSR count). The molecule has 1 aromatic rings. The van der Waals surface area contributed by atoms with Gasteiger partial charge in [-0.25, -0.2) is 4.39 Å². The molecule has 20 heavy (non-hydrogen) atoms. The smallest absolute Gasteiger partial charge is 0.281 e. The highest BCUT2D eigenvalue weighted by Gasteiger charge is 2.25. The maximum atomic E-state index is 13.0. The molecule has 0 aliphatic rings. The molecule has 114 valence electrons. The number of ether oxygens (including phenoxy) is 1. The molecule has 0 heterocycles. The van der Waals surface area contributed by atoms with Gasteiger partial charge in [-0.2, -0.15) is 17.0 Å². The van der Waals surface area contributed by atoms with Gasteiger partial charge in [-0.1, -0.05) is 17.7 Å². The molecule has 0 unspecified atom stereocenters. The molecule has 0 saturated carbocycles. The normalized spacial score (nSPS) is 12.3. The maximum absolute atomic E-state index is 13.0. The van der Waals surface area contributed by atoms with Gasteiger partial charge in [0.1, 0.15) is 5.82 Å².